The normalized spacial score (nSPS) is 12.6. The predicted molar refractivity (Wildman–Crippen MR) is 117 cm³/mol. The summed E-state index contributed by atoms with van der Waals surface area (Å²) in [6.07, 6.45) is 3.07. The van der Waals surface area contributed by atoms with Gasteiger partial charge in [-0.15, -0.1) is 0 Å². The molecule has 1 heterocycles. The van der Waals surface area contributed by atoms with Crippen LogP contribution < -0.4 is 20.2 Å². The van der Waals surface area contributed by atoms with E-state index in [9.17, 15) is 9.59 Å². The largest absolute Gasteiger partial charge is 0.454 e. The molecule has 2 N–H and O–H groups in total. The van der Waals surface area contributed by atoms with E-state index in [1.165, 1.54) is 6.21 Å². The summed E-state index contributed by atoms with van der Waals surface area (Å²) >= 11 is 0. The maximum Gasteiger partial charge on any atom is 0.287 e. The first-order valence-corrected chi connectivity index (χ1v) is 9.55. The molecule has 1 aliphatic heterocycles. The Morgan fingerprint density at radius 1 is 0.839 bits per heavy atom. The summed E-state index contributed by atoms with van der Waals surface area (Å²) in [4.78, 5) is 25.3. The summed E-state index contributed by atoms with van der Waals surface area (Å²) in [6.45, 7) is 0.182. The van der Waals surface area contributed by atoms with Crippen LogP contribution in [0.1, 0.15) is 21.5 Å². The number of fused-ring (bicyclic) bond motifs is 1. The number of benzene rings is 3. The number of hydrogen-bond donors (Lipinski definition) is 2. The zero-order chi connectivity index (χ0) is 21.5. The Labute approximate surface area is 179 Å². The van der Waals surface area contributed by atoms with Gasteiger partial charge in [0.25, 0.3) is 11.8 Å². The van der Waals surface area contributed by atoms with E-state index in [2.05, 4.69) is 15.8 Å². The quantitative estimate of drug-likeness (QED) is 0.369. The van der Waals surface area contributed by atoms with Crippen molar-refractivity contribution in [1.82, 2.24) is 10.7 Å². The van der Waals surface area contributed by atoms with Crippen LogP contribution in [0.2, 0.25) is 0 Å². The molecule has 4 rings (SSSR count). The number of hydrogen-bond acceptors (Lipinski definition) is 5. The summed E-state index contributed by atoms with van der Waals surface area (Å²) in [5.41, 5.74) is 4.46. The molecule has 31 heavy (non-hydrogen) atoms. The van der Waals surface area contributed by atoms with Crippen molar-refractivity contribution in [3.8, 4) is 11.5 Å². The molecule has 7 nitrogen and oxygen atoms in total. The van der Waals surface area contributed by atoms with E-state index in [1.54, 1.807) is 48.5 Å². The van der Waals surface area contributed by atoms with E-state index >= 15 is 0 Å². The Morgan fingerprint density at radius 3 is 2.32 bits per heavy atom. The van der Waals surface area contributed by atoms with E-state index in [0.717, 1.165) is 11.1 Å². The van der Waals surface area contributed by atoms with Crippen LogP contribution in [0, 0.1) is 0 Å². The standard InChI is InChI=1S/C24H19N3O4/c28-23(19-9-5-2-6-10-19)26-20(13-17-7-3-1-4-8-17)24(29)27-25-15-18-11-12-21-22(14-18)31-16-30-21/h1-15H,16H2,(H,26,28)(H,27,29)/b20-13-,25-15-. The zero-order valence-corrected chi connectivity index (χ0v) is 16.4. The smallest absolute Gasteiger partial charge is 0.287 e. The van der Waals surface area contributed by atoms with E-state index in [4.69, 9.17) is 9.47 Å². The number of nitrogens with zero attached hydrogens (tertiary/aromatic N) is 1. The van der Waals surface area contributed by atoms with Gasteiger partial charge in [0.1, 0.15) is 5.70 Å². The van der Waals surface area contributed by atoms with E-state index in [-0.39, 0.29) is 12.5 Å². The summed E-state index contributed by atoms with van der Waals surface area (Å²) < 4.78 is 10.6. The molecular formula is C24H19N3O4. The van der Waals surface area contributed by atoms with Gasteiger partial charge in [0.2, 0.25) is 6.79 Å². The third-order valence-corrected chi connectivity index (χ3v) is 4.42. The molecule has 3 aromatic carbocycles. The molecule has 0 atom stereocenters. The van der Waals surface area contributed by atoms with Gasteiger partial charge in [-0.25, -0.2) is 5.43 Å². The van der Waals surface area contributed by atoms with Crippen LogP contribution in [0.25, 0.3) is 6.08 Å². The lowest BCUT2D eigenvalue weighted by atomic mass is 10.1. The minimum Gasteiger partial charge on any atom is -0.454 e. The highest BCUT2D eigenvalue weighted by atomic mass is 16.7. The zero-order valence-electron chi connectivity index (χ0n) is 16.4. The van der Waals surface area contributed by atoms with Crippen LogP contribution in [-0.4, -0.2) is 24.8 Å². The van der Waals surface area contributed by atoms with Crippen molar-refractivity contribution >= 4 is 24.1 Å². The van der Waals surface area contributed by atoms with E-state index in [1.807, 2.05) is 36.4 Å². The molecule has 0 unspecified atom stereocenters. The van der Waals surface area contributed by atoms with E-state index in [0.29, 0.717) is 17.1 Å². The van der Waals surface area contributed by atoms with Gasteiger partial charge in [-0.05, 0) is 47.5 Å². The van der Waals surface area contributed by atoms with Crippen LogP contribution in [0.15, 0.2) is 89.7 Å². The fraction of sp³-hybridized carbons (Fsp3) is 0.0417. The molecule has 0 spiro atoms. The summed E-state index contributed by atoms with van der Waals surface area (Å²) in [5, 5.41) is 6.66. The summed E-state index contributed by atoms with van der Waals surface area (Å²) in [5.74, 6) is 0.343. The van der Waals surface area contributed by atoms with Crippen LogP contribution in [0.5, 0.6) is 11.5 Å². The van der Waals surface area contributed by atoms with Gasteiger partial charge in [0, 0.05) is 5.56 Å². The third kappa shape index (κ3) is 5.16. The molecule has 0 radical (unpaired) electrons. The van der Waals surface area contributed by atoms with Gasteiger partial charge < -0.3 is 14.8 Å². The highest BCUT2D eigenvalue weighted by molar-refractivity contribution is 6.05. The lowest BCUT2D eigenvalue weighted by Crippen LogP contribution is -2.32. The fourth-order valence-corrected chi connectivity index (χ4v) is 2.88. The Kier molecular flexibility index (Phi) is 6.04. The molecule has 0 aromatic heterocycles. The first kappa shape index (κ1) is 19.9. The average Bonchev–Trinajstić information content (AvgIpc) is 3.28. The van der Waals surface area contributed by atoms with Gasteiger partial charge in [0.05, 0.1) is 6.21 Å². The van der Waals surface area contributed by atoms with Crippen molar-refractivity contribution in [2.24, 2.45) is 5.10 Å². The topological polar surface area (TPSA) is 89.0 Å². The second kappa shape index (κ2) is 9.41. The molecule has 0 fully saturated rings. The number of nitrogens with one attached hydrogen (secondary N) is 2. The van der Waals surface area contributed by atoms with Crippen LogP contribution >= 0.6 is 0 Å². The number of carbonyl (C=O) groups excluding carboxylic acids is 2. The second-order valence-corrected chi connectivity index (χ2v) is 6.60. The van der Waals surface area contributed by atoms with Crippen molar-refractivity contribution in [3.63, 3.8) is 0 Å². The molecule has 0 saturated heterocycles. The highest BCUT2D eigenvalue weighted by Gasteiger charge is 2.15. The number of carbonyl (C=O) groups is 2. The van der Waals surface area contributed by atoms with Gasteiger partial charge in [-0.3, -0.25) is 9.59 Å². The fourth-order valence-electron chi connectivity index (χ4n) is 2.88. The van der Waals surface area contributed by atoms with Crippen molar-refractivity contribution in [1.29, 1.82) is 0 Å². The molecule has 7 heteroatoms. The molecule has 0 saturated carbocycles. The molecule has 154 valence electrons. The Hall–Kier alpha value is -4.39. The van der Waals surface area contributed by atoms with Crippen LogP contribution in [-0.2, 0) is 4.79 Å². The maximum atomic E-state index is 12.7. The monoisotopic (exact) mass is 413 g/mol. The molecule has 2 amide bonds. The predicted octanol–water partition coefficient (Wildman–Crippen LogP) is 3.34. The number of ether oxygens (including phenoxy) is 2. The summed E-state index contributed by atoms with van der Waals surface area (Å²) in [6, 6.07) is 23.2. The minimum atomic E-state index is -0.551. The lowest BCUT2D eigenvalue weighted by Gasteiger charge is -2.09. The molecule has 1 aliphatic rings. The average molecular weight is 413 g/mol. The van der Waals surface area contributed by atoms with Gasteiger partial charge >= 0.3 is 0 Å². The van der Waals surface area contributed by atoms with Crippen LogP contribution in [0.3, 0.4) is 0 Å². The van der Waals surface area contributed by atoms with Crippen molar-refractivity contribution in [3.05, 3.63) is 101 Å². The second-order valence-electron chi connectivity index (χ2n) is 6.60. The van der Waals surface area contributed by atoms with Gasteiger partial charge in [0.15, 0.2) is 11.5 Å². The van der Waals surface area contributed by atoms with Gasteiger partial charge in [-0.2, -0.15) is 5.10 Å². The Balaban J connectivity index is 1.49. The van der Waals surface area contributed by atoms with E-state index < -0.39 is 11.8 Å². The van der Waals surface area contributed by atoms with Gasteiger partial charge in [-0.1, -0.05) is 48.5 Å². The number of amides is 2. The minimum absolute atomic E-state index is 0.0721. The molecule has 3 aromatic rings. The third-order valence-electron chi connectivity index (χ3n) is 4.42. The Morgan fingerprint density at radius 2 is 1.55 bits per heavy atom. The molecular weight excluding hydrogens is 394 g/mol. The Bertz CT molecular complexity index is 1140. The summed E-state index contributed by atoms with van der Waals surface area (Å²) in [7, 11) is 0. The lowest BCUT2D eigenvalue weighted by molar-refractivity contribution is -0.117. The maximum absolute atomic E-state index is 12.7. The first-order valence-electron chi connectivity index (χ1n) is 9.55. The molecule has 0 aliphatic carbocycles. The molecule has 0 bridgehead atoms. The first-order chi connectivity index (χ1) is 15.2. The van der Waals surface area contributed by atoms with Crippen molar-refractivity contribution < 1.29 is 19.1 Å². The van der Waals surface area contributed by atoms with Crippen molar-refractivity contribution in [2.45, 2.75) is 0 Å². The highest BCUT2D eigenvalue weighted by Crippen LogP contribution is 2.31. The number of hydrazone groups is 1. The number of rotatable bonds is 6. The van der Waals surface area contributed by atoms with Crippen molar-refractivity contribution in [2.75, 3.05) is 6.79 Å². The SMILES string of the molecule is O=C(N/N=C\c1ccc2c(c1)OCO2)/C(=C/c1ccccc1)NC(=O)c1ccccc1. The van der Waals surface area contributed by atoms with Crippen LogP contribution in [0.4, 0.5) is 0 Å².